The van der Waals surface area contributed by atoms with Gasteiger partial charge < -0.3 is 27.9 Å². The molecule has 1 aliphatic carbocycles. The highest BCUT2D eigenvalue weighted by atomic mass is 31.2. The van der Waals surface area contributed by atoms with Crippen LogP contribution in [0, 0.1) is 16.7 Å². The van der Waals surface area contributed by atoms with Crippen molar-refractivity contribution in [3.63, 3.8) is 0 Å². The van der Waals surface area contributed by atoms with Gasteiger partial charge in [-0.15, -0.1) is 0 Å². The third-order valence-electron chi connectivity index (χ3n) is 6.98. The minimum absolute atomic E-state index is 0.0418. The van der Waals surface area contributed by atoms with Crippen molar-refractivity contribution in [1.29, 1.82) is 5.26 Å². The number of nitriles is 1. The van der Waals surface area contributed by atoms with Gasteiger partial charge in [0.15, 0.2) is 11.9 Å². The highest BCUT2D eigenvalue weighted by Gasteiger charge is 2.49. The lowest BCUT2D eigenvalue weighted by molar-refractivity contribution is -0.0344. The van der Waals surface area contributed by atoms with Gasteiger partial charge in [0.25, 0.3) is 5.56 Å². The lowest BCUT2D eigenvalue weighted by atomic mass is 10.0. The van der Waals surface area contributed by atoms with E-state index in [0.29, 0.717) is 24.4 Å². The van der Waals surface area contributed by atoms with Crippen molar-refractivity contribution in [3.05, 3.63) is 44.6 Å². The van der Waals surface area contributed by atoms with Crippen LogP contribution in [0.15, 0.2) is 33.4 Å². The van der Waals surface area contributed by atoms with Crippen LogP contribution in [0.1, 0.15) is 73.0 Å². The predicted molar refractivity (Wildman–Crippen MR) is 153 cm³/mol. The maximum absolute atomic E-state index is 12.7. The lowest BCUT2D eigenvalue weighted by Crippen LogP contribution is -2.37. The molecule has 0 saturated heterocycles. The van der Waals surface area contributed by atoms with Gasteiger partial charge in [-0.1, -0.05) is 0 Å². The third-order valence-corrected chi connectivity index (χ3v) is 10.8. The summed E-state index contributed by atoms with van der Waals surface area (Å²) in [6.07, 6.45) is 2.18. The fourth-order valence-corrected chi connectivity index (χ4v) is 8.45. The van der Waals surface area contributed by atoms with Gasteiger partial charge in [-0.25, -0.2) is 9.46 Å². The zero-order valence-corrected chi connectivity index (χ0v) is 26.4. The van der Waals surface area contributed by atoms with Crippen LogP contribution in [-0.2, 0) is 27.6 Å². The minimum atomic E-state index is -3.73. The van der Waals surface area contributed by atoms with Crippen LogP contribution in [0.3, 0.4) is 0 Å². The number of methoxy groups -OCH3 is 1. The molecule has 1 aliphatic heterocycles. The molecule has 0 amide bonds. The van der Waals surface area contributed by atoms with Gasteiger partial charge in [0.2, 0.25) is 6.23 Å². The van der Waals surface area contributed by atoms with Crippen LogP contribution in [0.2, 0.25) is 0 Å². The molecular weight excluding hydrogens is 574 g/mol. The van der Waals surface area contributed by atoms with E-state index in [9.17, 15) is 19.0 Å². The molecule has 2 aliphatic rings. The summed E-state index contributed by atoms with van der Waals surface area (Å²) in [6, 6.07) is 3.39. The molecule has 1 saturated carbocycles. The Labute approximate surface area is 241 Å². The predicted octanol–water partition coefficient (Wildman–Crippen LogP) is 4.37. The third kappa shape index (κ3) is 8.74. The summed E-state index contributed by atoms with van der Waals surface area (Å²) in [5.74, 6) is 0.775. The highest BCUT2D eigenvalue weighted by molar-refractivity contribution is 7.52. The number of hydrogen-bond acceptors (Lipinski definition) is 10. The standard InChI is InChI=1S/C26H42N4O9P2/c1-7-37-41(33,34)17-26(12-13-26)11-9-20-22(39-40(36-16-8-14-27)30(18(2)3)19(4)5)23(35-6)24(38-20)29-15-10-21(31)28-25(29)32/h10,15,18-19,23-24H,7-9,11-13,16-17H2,1-6H3,(H,33,34)(H,28,31,32)/t23?,24-,40?/m1/s1. The summed E-state index contributed by atoms with van der Waals surface area (Å²) in [5, 5.41) is 9.08. The van der Waals surface area contributed by atoms with Crippen molar-refractivity contribution in [2.45, 2.75) is 91.1 Å². The zero-order valence-electron chi connectivity index (χ0n) is 24.6. The van der Waals surface area contributed by atoms with Crippen LogP contribution in [0.25, 0.3) is 0 Å². The smallest absolute Gasteiger partial charge is 0.331 e. The van der Waals surface area contributed by atoms with Crippen LogP contribution in [-0.4, -0.2) is 63.8 Å². The first-order chi connectivity index (χ1) is 19.4. The molecular formula is C26H42N4O9P2. The van der Waals surface area contributed by atoms with Crippen LogP contribution >= 0.6 is 16.1 Å². The first-order valence-electron chi connectivity index (χ1n) is 13.8. The molecule has 0 spiro atoms. The molecule has 1 aromatic heterocycles. The molecule has 2 N–H and O–H groups in total. The second kappa shape index (κ2) is 14.4. The Bertz CT molecular complexity index is 1260. The second-order valence-corrected chi connectivity index (χ2v) is 14.0. The zero-order chi connectivity index (χ0) is 30.4. The molecule has 3 unspecified atom stereocenters. The molecule has 0 radical (unpaired) electrons. The van der Waals surface area contributed by atoms with E-state index in [2.05, 4.69) is 15.7 Å². The summed E-state index contributed by atoms with van der Waals surface area (Å²) >= 11 is 0. The number of nitrogens with one attached hydrogen (secondary N) is 1. The first-order valence-corrected chi connectivity index (χ1v) is 16.7. The van der Waals surface area contributed by atoms with E-state index >= 15 is 0 Å². The molecule has 0 bridgehead atoms. The average molecular weight is 617 g/mol. The van der Waals surface area contributed by atoms with Gasteiger partial charge >= 0.3 is 21.8 Å². The van der Waals surface area contributed by atoms with Gasteiger partial charge in [0.1, 0.15) is 5.76 Å². The number of aromatic amines is 1. The van der Waals surface area contributed by atoms with Crippen LogP contribution in [0.5, 0.6) is 0 Å². The molecule has 1 fully saturated rings. The molecule has 41 heavy (non-hydrogen) atoms. The summed E-state index contributed by atoms with van der Waals surface area (Å²) in [6.45, 7) is 10.1. The summed E-state index contributed by atoms with van der Waals surface area (Å²) < 4.78 is 45.7. The van der Waals surface area contributed by atoms with Crippen molar-refractivity contribution in [2.24, 2.45) is 5.41 Å². The number of aromatic nitrogens is 2. The number of ether oxygens (including phenoxy) is 2. The normalized spacial score (nSPS) is 22.1. The fraction of sp³-hybridized carbons (Fsp3) is 0.731. The van der Waals surface area contributed by atoms with Crippen molar-refractivity contribution >= 4 is 16.1 Å². The summed E-state index contributed by atoms with van der Waals surface area (Å²) in [7, 11) is -3.98. The van der Waals surface area contributed by atoms with E-state index in [0.717, 1.165) is 12.8 Å². The molecule has 2 heterocycles. The quantitative estimate of drug-likeness (QED) is 0.189. The fourth-order valence-electron chi connectivity index (χ4n) is 4.97. The summed E-state index contributed by atoms with van der Waals surface area (Å²) in [4.78, 5) is 37.0. The Balaban J connectivity index is 1.98. The Kier molecular flexibility index (Phi) is 11.8. The van der Waals surface area contributed by atoms with Gasteiger partial charge in [0, 0.05) is 37.9 Å². The Hall–Kier alpha value is -2.03. The number of hydrogen-bond donors (Lipinski definition) is 2. The van der Waals surface area contributed by atoms with Gasteiger partial charge in [-0.05, 0) is 59.3 Å². The van der Waals surface area contributed by atoms with Crippen molar-refractivity contribution < 1.29 is 32.5 Å². The SMILES string of the molecule is CCOP(=O)(O)CC1(CCC2=C(OP(OCCC#N)N(C(C)C)C(C)C)C(OC)[C@H](n3ccc(=O)[nH]c3=O)O2)CC1. The monoisotopic (exact) mass is 616 g/mol. The second-order valence-electron chi connectivity index (χ2n) is 10.8. The Morgan fingerprint density at radius 1 is 1.32 bits per heavy atom. The van der Waals surface area contributed by atoms with Crippen molar-refractivity contribution in [1.82, 2.24) is 14.2 Å². The molecule has 15 heteroatoms. The van der Waals surface area contributed by atoms with Gasteiger partial charge in [0.05, 0.1) is 31.9 Å². The first kappa shape index (κ1) is 33.5. The van der Waals surface area contributed by atoms with E-state index in [1.54, 1.807) is 6.92 Å². The van der Waals surface area contributed by atoms with E-state index in [1.165, 1.54) is 23.9 Å². The maximum Gasteiger partial charge on any atom is 0.331 e. The Morgan fingerprint density at radius 2 is 2.00 bits per heavy atom. The van der Waals surface area contributed by atoms with Gasteiger partial charge in [-0.2, -0.15) is 5.26 Å². The summed E-state index contributed by atoms with van der Waals surface area (Å²) in [5.41, 5.74) is -1.58. The molecule has 3 rings (SSSR count). The average Bonchev–Trinajstić information content (AvgIpc) is 3.54. The number of nitrogens with zero attached hydrogens (tertiary/aromatic N) is 3. The Morgan fingerprint density at radius 3 is 2.54 bits per heavy atom. The van der Waals surface area contributed by atoms with Gasteiger partial charge in [-0.3, -0.25) is 18.9 Å². The molecule has 1 aromatic rings. The van der Waals surface area contributed by atoms with Crippen LogP contribution in [0.4, 0.5) is 0 Å². The van der Waals surface area contributed by atoms with E-state index in [4.69, 9.17) is 28.3 Å². The number of allylic oxidation sites excluding steroid dienone is 1. The molecule has 230 valence electrons. The van der Waals surface area contributed by atoms with Crippen LogP contribution < -0.4 is 11.2 Å². The topological polar surface area (TPSA) is 165 Å². The maximum atomic E-state index is 12.7. The highest BCUT2D eigenvalue weighted by Crippen LogP contribution is 2.61. The minimum Gasteiger partial charge on any atom is -0.467 e. The van der Waals surface area contributed by atoms with Crippen molar-refractivity contribution in [2.75, 3.05) is 26.5 Å². The van der Waals surface area contributed by atoms with E-state index in [-0.39, 0.29) is 43.3 Å². The lowest BCUT2D eigenvalue weighted by Gasteiger charge is -2.36. The molecule has 13 nitrogen and oxygen atoms in total. The number of rotatable bonds is 17. The van der Waals surface area contributed by atoms with Crippen molar-refractivity contribution in [3.8, 4) is 6.07 Å². The van der Waals surface area contributed by atoms with E-state index < -0.39 is 39.7 Å². The van der Waals surface area contributed by atoms with E-state index in [1.807, 2.05) is 27.7 Å². The largest absolute Gasteiger partial charge is 0.467 e. The molecule has 0 aromatic carbocycles. The molecule has 4 atom stereocenters. The number of H-pyrrole nitrogens is 1.